The predicted molar refractivity (Wildman–Crippen MR) is 47.8 cm³/mol. The van der Waals surface area contributed by atoms with Gasteiger partial charge in [0.1, 0.15) is 5.56 Å². The molecule has 1 rings (SSSR count). The van der Waals surface area contributed by atoms with E-state index in [-0.39, 0.29) is 0 Å². The van der Waals surface area contributed by atoms with E-state index < -0.39 is 35.3 Å². The highest BCUT2D eigenvalue weighted by Gasteiger charge is 2.37. The molecule has 16 heavy (non-hydrogen) atoms. The van der Waals surface area contributed by atoms with Crippen LogP contribution in [0.1, 0.15) is 11.3 Å². The van der Waals surface area contributed by atoms with Crippen molar-refractivity contribution in [2.75, 3.05) is 7.11 Å². The Morgan fingerprint density at radius 2 is 2.12 bits per heavy atom. The van der Waals surface area contributed by atoms with E-state index in [1.54, 1.807) is 0 Å². The Bertz CT molecular complexity index is 450. The van der Waals surface area contributed by atoms with Crippen LogP contribution in [0.15, 0.2) is 17.1 Å². The Balaban J connectivity index is 3.24. The molecule has 0 aliphatic rings. The Kier molecular flexibility index (Phi) is 3.36. The van der Waals surface area contributed by atoms with Crippen molar-refractivity contribution in [2.45, 2.75) is 12.6 Å². The lowest BCUT2D eigenvalue weighted by atomic mass is 10.1. The number of rotatable bonds is 2. The Morgan fingerprint density at radius 1 is 1.50 bits per heavy atom. The second-order valence-electron chi connectivity index (χ2n) is 2.95. The maximum atomic E-state index is 12.5. The topological polar surface area (TPSA) is 59.2 Å². The molecule has 0 spiro atoms. The van der Waals surface area contributed by atoms with Gasteiger partial charge in [0, 0.05) is 18.0 Å². The fourth-order valence-electron chi connectivity index (χ4n) is 1.19. The number of nitrogens with one attached hydrogen (secondary N) is 1. The second-order valence-corrected chi connectivity index (χ2v) is 2.95. The number of pyridine rings is 1. The number of hydrogen-bond acceptors (Lipinski definition) is 3. The van der Waals surface area contributed by atoms with E-state index in [1.165, 1.54) is 0 Å². The van der Waals surface area contributed by atoms with Gasteiger partial charge >= 0.3 is 12.1 Å². The fourth-order valence-corrected chi connectivity index (χ4v) is 1.19. The Hall–Kier alpha value is -1.79. The maximum Gasteiger partial charge on any atom is 0.421 e. The van der Waals surface area contributed by atoms with Gasteiger partial charge in [-0.2, -0.15) is 13.2 Å². The molecule has 1 N–H and O–H groups in total. The van der Waals surface area contributed by atoms with Gasteiger partial charge < -0.3 is 9.72 Å². The van der Waals surface area contributed by atoms with Crippen molar-refractivity contribution in [1.82, 2.24) is 4.98 Å². The van der Waals surface area contributed by atoms with Gasteiger partial charge in [0.25, 0.3) is 0 Å². The van der Waals surface area contributed by atoms with Crippen LogP contribution in [0.2, 0.25) is 0 Å². The van der Waals surface area contributed by atoms with Crippen LogP contribution in [-0.2, 0) is 22.1 Å². The zero-order valence-electron chi connectivity index (χ0n) is 8.22. The van der Waals surface area contributed by atoms with Crippen molar-refractivity contribution in [1.29, 1.82) is 0 Å². The molecule has 0 saturated heterocycles. The summed E-state index contributed by atoms with van der Waals surface area (Å²) in [6, 6.07) is 0.754. The van der Waals surface area contributed by atoms with Crippen molar-refractivity contribution in [3.63, 3.8) is 0 Å². The molecule has 1 aromatic rings. The largest absolute Gasteiger partial charge is 0.469 e. The number of carbonyl (C=O) groups is 1. The van der Waals surface area contributed by atoms with Crippen LogP contribution < -0.4 is 5.43 Å². The lowest BCUT2D eigenvalue weighted by Crippen LogP contribution is -2.24. The van der Waals surface area contributed by atoms with Crippen LogP contribution in [0.3, 0.4) is 0 Å². The molecule has 0 amide bonds. The minimum absolute atomic E-state index is 0.494. The molecule has 0 atom stereocenters. The van der Waals surface area contributed by atoms with Gasteiger partial charge in [-0.15, -0.1) is 0 Å². The predicted octanol–water partition coefficient (Wildman–Crippen LogP) is 1.11. The standard InChI is InChI=1S/C9H8F3NO3/c1-16-7(15)4-5-8(9(10,11)12)6(14)2-3-13-5/h2-3H,4H2,1H3,(H,13,14). The number of halogens is 3. The fraction of sp³-hybridized carbons (Fsp3) is 0.333. The quantitative estimate of drug-likeness (QED) is 0.781. The number of aromatic nitrogens is 1. The zero-order chi connectivity index (χ0) is 12.3. The van der Waals surface area contributed by atoms with Crippen molar-refractivity contribution in [3.8, 4) is 0 Å². The number of carbonyl (C=O) groups excluding carboxylic acids is 1. The Morgan fingerprint density at radius 3 is 2.62 bits per heavy atom. The van der Waals surface area contributed by atoms with E-state index in [9.17, 15) is 22.8 Å². The van der Waals surface area contributed by atoms with Crippen LogP contribution in [-0.4, -0.2) is 18.1 Å². The summed E-state index contributed by atoms with van der Waals surface area (Å²) >= 11 is 0. The second kappa shape index (κ2) is 4.38. The first-order valence-electron chi connectivity index (χ1n) is 4.21. The van der Waals surface area contributed by atoms with E-state index in [1.807, 2.05) is 0 Å². The van der Waals surface area contributed by atoms with Crippen LogP contribution >= 0.6 is 0 Å². The molecule has 0 aliphatic heterocycles. The highest BCUT2D eigenvalue weighted by molar-refractivity contribution is 5.72. The Labute approximate surface area is 88.0 Å². The molecule has 0 bridgehead atoms. The van der Waals surface area contributed by atoms with Crippen LogP contribution in [0.5, 0.6) is 0 Å². The monoisotopic (exact) mass is 235 g/mol. The van der Waals surface area contributed by atoms with E-state index in [4.69, 9.17) is 0 Å². The van der Waals surface area contributed by atoms with Crippen LogP contribution in [0.4, 0.5) is 13.2 Å². The lowest BCUT2D eigenvalue weighted by Gasteiger charge is -2.10. The van der Waals surface area contributed by atoms with E-state index >= 15 is 0 Å². The highest BCUT2D eigenvalue weighted by Crippen LogP contribution is 2.28. The maximum absolute atomic E-state index is 12.5. The van der Waals surface area contributed by atoms with Crippen molar-refractivity contribution < 1.29 is 22.7 Å². The number of aromatic amines is 1. The van der Waals surface area contributed by atoms with Crippen LogP contribution in [0, 0.1) is 0 Å². The van der Waals surface area contributed by atoms with Gasteiger partial charge in [-0.25, -0.2) is 0 Å². The summed E-state index contributed by atoms with van der Waals surface area (Å²) in [6.07, 6.45) is -4.37. The van der Waals surface area contributed by atoms with Gasteiger partial charge in [0.05, 0.1) is 13.5 Å². The smallest absolute Gasteiger partial charge is 0.421 e. The first-order valence-corrected chi connectivity index (χ1v) is 4.21. The SMILES string of the molecule is COC(=O)Cc1[nH]ccc(=O)c1C(F)(F)F. The lowest BCUT2D eigenvalue weighted by molar-refractivity contribution is -0.142. The number of H-pyrrole nitrogens is 1. The summed E-state index contributed by atoms with van der Waals surface area (Å²) in [7, 11) is 1.05. The summed E-state index contributed by atoms with van der Waals surface area (Å²) in [5.41, 5.74) is -3.03. The zero-order valence-corrected chi connectivity index (χ0v) is 8.22. The molecule has 4 nitrogen and oxygen atoms in total. The molecule has 0 saturated carbocycles. The molecule has 1 aromatic heterocycles. The highest BCUT2D eigenvalue weighted by atomic mass is 19.4. The number of methoxy groups -OCH3 is 1. The molecular weight excluding hydrogens is 227 g/mol. The van der Waals surface area contributed by atoms with E-state index in [0.717, 1.165) is 19.4 Å². The average Bonchev–Trinajstić information content (AvgIpc) is 2.15. The molecule has 0 aromatic carbocycles. The normalized spacial score (nSPS) is 11.2. The number of esters is 1. The molecule has 0 fully saturated rings. The summed E-state index contributed by atoms with van der Waals surface area (Å²) in [5, 5.41) is 0. The summed E-state index contributed by atoms with van der Waals surface area (Å²) in [4.78, 5) is 24.2. The number of hydrogen-bond donors (Lipinski definition) is 1. The van der Waals surface area contributed by atoms with Crippen molar-refractivity contribution >= 4 is 5.97 Å². The van der Waals surface area contributed by atoms with Crippen molar-refractivity contribution in [2.24, 2.45) is 0 Å². The van der Waals surface area contributed by atoms with Crippen LogP contribution in [0.25, 0.3) is 0 Å². The average molecular weight is 235 g/mol. The first-order chi connectivity index (χ1) is 7.36. The third-order valence-electron chi connectivity index (χ3n) is 1.87. The molecule has 1 heterocycles. The van der Waals surface area contributed by atoms with E-state index in [0.29, 0.717) is 0 Å². The molecule has 7 heteroatoms. The van der Waals surface area contributed by atoms with Gasteiger partial charge in [-0.3, -0.25) is 9.59 Å². The van der Waals surface area contributed by atoms with Crippen molar-refractivity contribution in [3.05, 3.63) is 33.7 Å². The van der Waals surface area contributed by atoms with Gasteiger partial charge in [-0.1, -0.05) is 0 Å². The summed E-state index contributed by atoms with van der Waals surface area (Å²) in [5.74, 6) is -0.854. The number of ether oxygens (including phenoxy) is 1. The minimum Gasteiger partial charge on any atom is -0.469 e. The molecule has 88 valence electrons. The third-order valence-corrected chi connectivity index (χ3v) is 1.87. The van der Waals surface area contributed by atoms with E-state index in [2.05, 4.69) is 9.72 Å². The number of alkyl halides is 3. The molecule has 0 aliphatic carbocycles. The molecular formula is C9H8F3NO3. The van der Waals surface area contributed by atoms with Gasteiger partial charge in [-0.05, 0) is 0 Å². The molecule has 0 radical (unpaired) electrons. The first kappa shape index (κ1) is 12.3. The summed E-state index contributed by atoms with van der Waals surface area (Å²) in [6.45, 7) is 0. The third kappa shape index (κ3) is 2.62. The molecule has 0 unspecified atom stereocenters. The van der Waals surface area contributed by atoms with Gasteiger partial charge in [0.15, 0.2) is 5.43 Å². The summed E-state index contributed by atoms with van der Waals surface area (Å²) < 4.78 is 41.7. The van der Waals surface area contributed by atoms with Gasteiger partial charge in [0.2, 0.25) is 0 Å². The minimum atomic E-state index is -4.79.